The van der Waals surface area contributed by atoms with E-state index in [9.17, 15) is 8.78 Å². The number of ether oxygens (including phenoxy) is 1. The van der Waals surface area contributed by atoms with Crippen molar-refractivity contribution in [3.8, 4) is 5.75 Å². The quantitative estimate of drug-likeness (QED) is 0.946. The van der Waals surface area contributed by atoms with Gasteiger partial charge in [0, 0.05) is 34.8 Å². The summed E-state index contributed by atoms with van der Waals surface area (Å²) in [6, 6.07) is 6.91. The number of alkyl halides is 2. The molecular weight excluding hydrogens is 300 g/mol. The molecule has 23 heavy (non-hydrogen) atoms. The lowest BCUT2D eigenvalue weighted by Gasteiger charge is -2.15. The van der Waals surface area contributed by atoms with E-state index in [0.29, 0.717) is 23.5 Å². The smallest absolute Gasteiger partial charge is 0.387 e. The molecule has 0 saturated carbocycles. The fraction of sp³-hybridized carbons (Fsp3) is 0.176. The Morgan fingerprint density at radius 2 is 2.00 bits per heavy atom. The zero-order valence-electron chi connectivity index (χ0n) is 12.5. The summed E-state index contributed by atoms with van der Waals surface area (Å²) in [5, 5.41) is 0. The first-order valence-corrected chi connectivity index (χ1v) is 7.07. The van der Waals surface area contributed by atoms with Gasteiger partial charge in [-0.05, 0) is 36.8 Å². The van der Waals surface area contributed by atoms with E-state index < -0.39 is 6.61 Å². The monoisotopic (exact) mass is 315 g/mol. The number of rotatable bonds is 3. The Morgan fingerprint density at radius 1 is 1.17 bits per heavy atom. The van der Waals surface area contributed by atoms with Gasteiger partial charge < -0.3 is 10.5 Å². The molecule has 2 heterocycles. The number of nitrogens with two attached hydrogens (primary N) is 1. The van der Waals surface area contributed by atoms with E-state index in [1.54, 1.807) is 36.7 Å². The predicted octanol–water partition coefficient (Wildman–Crippen LogP) is 3.14. The number of pyridine rings is 1. The summed E-state index contributed by atoms with van der Waals surface area (Å²) in [4.78, 5) is 8.57. The van der Waals surface area contributed by atoms with Crippen LogP contribution in [-0.2, 0) is 0 Å². The number of hydrogen-bond donors (Lipinski definition) is 1. The maximum atomic E-state index is 12.7. The van der Waals surface area contributed by atoms with Crippen LogP contribution in [0.3, 0.4) is 0 Å². The van der Waals surface area contributed by atoms with Crippen LogP contribution < -0.4 is 10.5 Å². The van der Waals surface area contributed by atoms with Crippen molar-refractivity contribution in [2.75, 3.05) is 6.54 Å². The molecule has 4 nitrogen and oxygen atoms in total. The molecule has 0 fully saturated rings. The lowest BCUT2D eigenvalue weighted by molar-refractivity contribution is -0.0499. The Morgan fingerprint density at radius 3 is 2.78 bits per heavy atom. The Bertz CT molecular complexity index is 800. The Kier molecular flexibility index (Phi) is 4.06. The second kappa shape index (κ2) is 6.16. The standard InChI is InChI=1S/C17H15F2N3O/c1-10-2-3-12(15(8-10)23-17(18)19)16-11-4-6-21-9-13(11)14(20)5-7-22-16/h2-6,8-9,17H,7,20H2,1H3. The summed E-state index contributed by atoms with van der Waals surface area (Å²) in [6.07, 6.45) is 5.04. The topological polar surface area (TPSA) is 60.5 Å². The van der Waals surface area contributed by atoms with Crippen molar-refractivity contribution in [3.05, 3.63) is 65.0 Å². The van der Waals surface area contributed by atoms with Gasteiger partial charge in [-0.1, -0.05) is 6.07 Å². The summed E-state index contributed by atoms with van der Waals surface area (Å²) >= 11 is 0. The zero-order valence-corrected chi connectivity index (χ0v) is 12.5. The van der Waals surface area contributed by atoms with Crippen LogP contribution in [0.5, 0.6) is 5.75 Å². The molecule has 1 aromatic heterocycles. The number of benzene rings is 1. The predicted molar refractivity (Wildman–Crippen MR) is 84.7 cm³/mol. The van der Waals surface area contributed by atoms with E-state index in [2.05, 4.69) is 14.7 Å². The van der Waals surface area contributed by atoms with Crippen molar-refractivity contribution in [3.63, 3.8) is 0 Å². The van der Waals surface area contributed by atoms with Crippen molar-refractivity contribution >= 4 is 11.4 Å². The van der Waals surface area contributed by atoms with Crippen molar-refractivity contribution in [1.82, 2.24) is 4.98 Å². The summed E-state index contributed by atoms with van der Waals surface area (Å²) < 4.78 is 30.2. The van der Waals surface area contributed by atoms with E-state index in [1.165, 1.54) is 0 Å². The molecule has 0 amide bonds. The lowest BCUT2D eigenvalue weighted by Crippen LogP contribution is -2.12. The number of aromatic nitrogens is 1. The average molecular weight is 315 g/mol. The van der Waals surface area contributed by atoms with Crippen LogP contribution in [-0.4, -0.2) is 23.9 Å². The number of nitrogens with zero attached hydrogens (tertiary/aromatic N) is 2. The number of hydrogen-bond acceptors (Lipinski definition) is 4. The SMILES string of the molecule is Cc1ccc(C2=NCC=C(N)c3cnccc32)c(OC(F)F)c1. The van der Waals surface area contributed by atoms with Crippen molar-refractivity contribution in [2.24, 2.45) is 10.7 Å². The molecule has 118 valence electrons. The first-order valence-electron chi connectivity index (χ1n) is 7.07. The van der Waals surface area contributed by atoms with Gasteiger partial charge in [-0.15, -0.1) is 0 Å². The molecule has 0 spiro atoms. The second-order valence-corrected chi connectivity index (χ2v) is 5.15. The minimum absolute atomic E-state index is 0.0991. The Hall–Kier alpha value is -2.76. The fourth-order valence-corrected chi connectivity index (χ4v) is 2.51. The Balaban J connectivity index is 2.16. The molecular formula is C17H15F2N3O. The number of aryl methyl sites for hydroxylation is 1. The second-order valence-electron chi connectivity index (χ2n) is 5.15. The van der Waals surface area contributed by atoms with Crippen LogP contribution in [0.1, 0.15) is 22.3 Å². The maximum Gasteiger partial charge on any atom is 0.387 e. The third-order valence-electron chi connectivity index (χ3n) is 3.56. The molecule has 1 aromatic carbocycles. The highest BCUT2D eigenvalue weighted by Crippen LogP contribution is 2.29. The van der Waals surface area contributed by atoms with Crippen molar-refractivity contribution < 1.29 is 13.5 Å². The molecule has 0 atom stereocenters. The van der Waals surface area contributed by atoms with Crippen LogP contribution in [0, 0.1) is 6.92 Å². The first-order chi connectivity index (χ1) is 11.1. The summed E-state index contributed by atoms with van der Waals surface area (Å²) in [5.74, 6) is 0.0991. The van der Waals surface area contributed by atoms with Crippen LogP contribution >= 0.6 is 0 Å². The molecule has 3 rings (SSSR count). The highest BCUT2D eigenvalue weighted by atomic mass is 19.3. The molecule has 0 aliphatic carbocycles. The van der Waals surface area contributed by atoms with Gasteiger partial charge in [-0.25, -0.2) is 0 Å². The van der Waals surface area contributed by atoms with Gasteiger partial charge in [0.15, 0.2) is 0 Å². The van der Waals surface area contributed by atoms with Gasteiger partial charge in [0.25, 0.3) is 0 Å². The van der Waals surface area contributed by atoms with Crippen molar-refractivity contribution in [2.45, 2.75) is 13.5 Å². The van der Waals surface area contributed by atoms with E-state index in [1.807, 2.05) is 13.0 Å². The third-order valence-corrected chi connectivity index (χ3v) is 3.56. The molecule has 1 aliphatic rings. The summed E-state index contributed by atoms with van der Waals surface area (Å²) in [7, 11) is 0. The highest BCUT2D eigenvalue weighted by molar-refractivity contribution is 6.17. The van der Waals surface area contributed by atoms with E-state index >= 15 is 0 Å². The normalized spacial score (nSPS) is 13.9. The lowest BCUT2D eigenvalue weighted by atomic mass is 9.96. The Labute approximate surface area is 132 Å². The highest BCUT2D eigenvalue weighted by Gasteiger charge is 2.20. The van der Waals surface area contributed by atoms with Gasteiger partial charge in [0.05, 0.1) is 12.3 Å². The largest absolute Gasteiger partial charge is 0.434 e. The third kappa shape index (κ3) is 3.06. The number of halogens is 2. The minimum atomic E-state index is -2.90. The molecule has 0 unspecified atom stereocenters. The molecule has 2 aromatic rings. The molecule has 6 heteroatoms. The maximum absolute atomic E-state index is 12.7. The zero-order chi connectivity index (χ0) is 16.4. The van der Waals surface area contributed by atoms with E-state index in [4.69, 9.17) is 5.73 Å². The molecule has 2 N–H and O–H groups in total. The van der Waals surface area contributed by atoms with Gasteiger partial charge in [0.2, 0.25) is 0 Å². The number of fused-ring (bicyclic) bond motifs is 1. The van der Waals surface area contributed by atoms with E-state index in [0.717, 1.165) is 16.7 Å². The molecule has 0 radical (unpaired) electrons. The number of aliphatic imine (C=N–C) groups is 1. The van der Waals surface area contributed by atoms with Crippen molar-refractivity contribution in [1.29, 1.82) is 0 Å². The van der Waals surface area contributed by atoms with Crippen LogP contribution in [0.4, 0.5) is 8.78 Å². The average Bonchev–Trinajstić information content (AvgIpc) is 2.67. The van der Waals surface area contributed by atoms with Gasteiger partial charge in [-0.2, -0.15) is 8.78 Å². The molecule has 0 bridgehead atoms. The van der Waals surface area contributed by atoms with Crippen LogP contribution in [0.15, 0.2) is 47.7 Å². The van der Waals surface area contributed by atoms with Gasteiger partial charge in [-0.3, -0.25) is 9.98 Å². The van der Waals surface area contributed by atoms with Gasteiger partial charge in [0.1, 0.15) is 5.75 Å². The molecule has 1 aliphatic heterocycles. The van der Waals surface area contributed by atoms with E-state index in [-0.39, 0.29) is 5.75 Å². The van der Waals surface area contributed by atoms with Crippen LogP contribution in [0.2, 0.25) is 0 Å². The first kappa shape index (κ1) is 15.1. The fourth-order valence-electron chi connectivity index (χ4n) is 2.51. The van der Waals surface area contributed by atoms with Crippen LogP contribution in [0.25, 0.3) is 5.70 Å². The molecule has 0 saturated heterocycles. The summed E-state index contributed by atoms with van der Waals surface area (Å²) in [5.41, 5.74) is 9.96. The minimum Gasteiger partial charge on any atom is -0.434 e. The van der Waals surface area contributed by atoms with Gasteiger partial charge >= 0.3 is 6.61 Å². The summed E-state index contributed by atoms with van der Waals surface area (Å²) in [6.45, 7) is -0.728.